The van der Waals surface area contributed by atoms with Crippen LogP contribution in [0.5, 0.6) is 0 Å². The molecule has 0 aromatic heterocycles. The zero-order valence-electron chi connectivity index (χ0n) is 36.9. The molecule has 2 unspecified atom stereocenters. The molecule has 1 aliphatic rings. The number of carbonyl (C=O) groups is 3. The van der Waals surface area contributed by atoms with Gasteiger partial charge in [-0.3, -0.25) is 28.0 Å². The van der Waals surface area contributed by atoms with Crippen LogP contribution in [0.4, 0.5) is 0 Å². The van der Waals surface area contributed by atoms with E-state index in [9.17, 15) is 43.7 Å². The summed E-state index contributed by atoms with van der Waals surface area (Å²) in [6.07, 6.45) is 21.2. The largest absolute Gasteiger partial charge is 0.472 e. The van der Waals surface area contributed by atoms with E-state index < -0.39 is 84.3 Å². The summed E-state index contributed by atoms with van der Waals surface area (Å²) in [7, 11) is -9.78. The number of aliphatic hydroxyl groups is 3. The highest BCUT2D eigenvalue weighted by molar-refractivity contribution is 7.47. The van der Waals surface area contributed by atoms with Crippen molar-refractivity contribution in [3.05, 3.63) is 24.3 Å². The number of ketones is 1. The first-order valence-electron chi connectivity index (χ1n) is 22.5. The first kappa shape index (κ1) is 57.2. The van der Waals surface area contributed by atoms with Gasteiger partial charge in [0.2, 0.25) is 0 Å². The fraction of sp³-hybridized carbons (Fsp3) is 0.837. The number of hydrogen-bond donors (Lipinski definition) is 6. The lowest BCUT2D eigenvalue weighted by Crippen LogP contribution is -2.29. The third kappa shape index (κ3) is 30.8. The van der Waals surface area contributed by atoms with E-state index >= 15 is 0 Å². The Bertz CT molecular complexity index is 1350. The highest BCUT2D eigenvalue weighted by atomic mass is 31.2. The maximum Gasteiger partial charge on any atom is 0.472 e. The van der Waals surface area contributed by atoms with Crippen molar-refractivity contribution in [2.45, 2.75) is 186 Å². The maximum absolute atomic E-state index is 12.8. The molecule has 8 atom stereocenters. The van der Waals surface area contributed by atoms with E-state index in [-0.39, 0.29) is 31.0 Å². The maximum atomic E-state index is 12.8. The molecule has 0 amide bonds. The van der Waals surface area contributed by atoms with Gasteiger partial charge >= 0.3 is 27.6 Å². The first-order valence-corrected chi connectivity index (χ1v) is 25.6. The molecule has 61 heavy (non-hydrogen) atoms. The van der Waals surface area contributed by atoms with Crippen LogP contribution >= 0.6 is 15.6 Å². The van der Waals surface area contributed by atoms with Gasteiger partial charge in [-0.15, -0.1) is 0 Å². The number of esters is 2. The van der Waals surface area contributed by atoms with Gasteiger partial charge in [0.15, 0.2) is 6.10 Å². The molecular formula is C43H78O16P2. The van der Waals surface area contributed by atoms with E-state index in [4.69, 9.17) is 23.8 Å². The molecular weight excluding hydrogens is 834 g/mol. The number of hydrogen-bond acceptors (Lipinski definition) is 13. The van der Waals surface area contributed by atoms with Crippen LogP contribution < -0.4 is 0 Å². The number of aliphatic hydroxyl groups excluding tert-OH is 3. The summed E-state index contributed by atoms with van der Waals surface area (Å²) in [5, 5.41) is 30.5. The van der Waals surface area contributed by atoms with E-state index in [0.29, 0.717) is 32.1 Å². The van der Waals surface area contributed by atoms with Crippen molar-refractivity contribution in [1.82, 2.24) is 0 Å². The van der Waals surface area contributed by atoms with Crippen LogP contribution in [0.2, 0.25) is 0 Å². The van der Waals surface area contributed by atoms with Crippen molar-refractivity contribution in [2.75, 3.05) is 26.4 Å². The zero-order chi connectivity index (χ0) is 45.5. The van der Waals surface area contributed by atoms with E-state index in [1.54, 1.807) is 12.2 Å². The van der Waals surface area contributed by atoms with Crippen molar-refractivity contribution in [1.29, 1.82) is 0 Å². The molecule has 0 aromatic rings. The quantitative estimate of drug-likeness (QED) is 0.0149. The fourth-order valence-corrected chi connectivity index (χ4v) is 7.99. The summed E-state index contributed by atoms with van der Waals surface area (Å²) in [5.74, 6) is -1.31. The number of rotatable bonds is 38. The van der Waals surface area contributed by atoms with E-state index in [1.165, 1.54) is 44.9 Å². The lowest BCUT2D eigenvalue weighted by molar-refractivity contribution is -0.161. The van der Waals surface area contributed by atoms with Crippen molar-refractivity contribution in [3.8, 4) is 0 Å². The second kappa shape index (κ2) is 33.7. The van der Waals surface area contributed by atoms with E-state index in [1.807, 2.05) is 12.2 Å². The van der Waals surface area contributed by atoms with Crippen LogP contribution in [0.25, 0.3) is 0 Å². The Kier molecular flexibility index (Phi) is 31.6. The van der Waals surface area contributed by atoms with Gasteiger partial charge in [-0.1, -0.05) is 135 Å². The normalized spacial score (nSPS) is 20.2. The second-order valence-corrected chi connectivity index (χ2v) is 19.1. The Morgan fingerprint density at radius 1 is 0.754 bits per heavy atom. The Hall–Kier alpha value is -1.81. The summed E-state index contributed by atoms with van der Waals surface area (Å²) in [6, 6.07) is 0. The van der Waals surface area contributed by atoms with E-state index in [0.717, 1.165) is 50.9 Å². The minimum atomic E-state index is -4.90. The minimum Gasteiger partial charge on any atom is -0.462 e. The predicted octanol–water partition coefficient (Wildman–Crippen LogP) is 7.95. The Morgan fingerprint density at radius 2 is 1.34 bits per heavy atom. The molecule has 0 saturated heterocycles. The van der Waals surface area contributed by atoms with Gasteiger partial charge in [-0.05, 0) is 38.0 Å². The number of carbonyl (C=O) groups excluding carboxylic acids is 3. The lowest BCUT2D eigenvalue weighted by Gasteiger charge is -2.20. The molecule has 1 rings (SSSR count). The molecule has 1 aliphatic carbocycles. The van der Waals surface area contributed by atoms with Crippen LogP contribution in [0.1, 0.15) is 162 Å². The average Bonchev–Trinajstić information content (AvgIpc) is 3.48. The molecule has 1 fully saturated rings. The summed E-state index contributed by atoms with van der Waals surface area (Å²) < 4.78 is 47.8. The Balaban J connectivity index is 2.58. The molecule has 0 radical (unpaired) electrons. The molecule has 0 heterocycles. The first-order chi connectivity index (χ1) is 29.0. The van der Waals surface area contributed by atoms with Gasteiger partial charge in [0.1, 0.15) is 18.5 Å². The SMILES string of the molecule is CCCCC[C@H](O)/C=C/[C@H]1C(=O)C[C@H](O)[C@@H]1C/C=C\CCCC(=O)O[C@H](COC(=O)CCCCCCCCCCCCC(C)CC)COP(=O)(O)OC[C@@H](O)COP(=O)(O)O. The monoisotopic (exact) mass is 912 g/mol. The van der Waals surface area contributed by atoms with Crippen LogP contribution in [-0.2, 0) is 46.6 Å². The number of unbranched alkanes of at least 4 members (excludes halogenated alkanes) is 12. The van der Waals surface area contributed by atoms with Crippen LogP contribution in [0.3, 0.4) is 0 Å². The smallest absolute Gasteiger partial charge is 0.462 e. The molecule has 0 aromatic carbocycles. The van der Waals surface area contributed by atoms with Crippen molar-refractivity contribution >= 4 is 33.4 Å². The van der Waals surface area contributed by atoms with Gasteiger partial charge in [0.25, 0.3) is 0 Å². The topological polar surface area (TPSA) is 253 Å². The summed E-state index contributed by atoms with van der Waals surface area (Å²) in [6.45, 7) is 3.67. The van der Waals surface area contributed by atoms with Gasteiger partial charge in [0.05, 0.1) is 32.0 Å². The minimum absolute atomic E-state index is 0.0543. The number of ether oxygens (including phenoxy) is 2. The highest BCUT2D eigenvalue weighted by Crippen LogP contribution is 2.44. The van der Waals surface area contributed by atoms with Gasteiger partial charge in [-0.2, -0.15) is 0 Å². The third-order valence-electron chi connectivity index (χ3n) is 10.8. The highest BCUT2D eigenvalue weighted by Gasteiger charge is 2.39. The molecule has 18 heteroatoms. The Labute approximate surface area is 364 Å². The fourth-order valence-electron chi connectivity index (χ4n) is 6.83. The molecule has 6 N–H and O–H groups in total. The predicted molar refractivity (Wildman–Crippen MR) is 231 cm³/mol. The lowest BCUT2D eigenvalue weighted by atomic mass is 9.90. The molecule has 0 bridgehead atoms. The summed E-state index contributed by atoms with van der Waals surface area (Å²) >= 11 is 0. The number of phosphoric acid groups is 2. The molecule has 16 nitrogen and oxygen atoms in total. The molecule has 1 saturated carbocycles. The number of Topliss-reactive ketones (excluding diaryl/α,β-unsaturated/α-hetero) is 1. The third-order valence-corrected chi connectivity index (χ3v) is 12.2. The molecule has 0 aliphatic heterocycles. The number of phosphoric ester groups is 2. The van der Waals surface area contributed by atoms with Crippen molar-refractivity contribution < 1.29 is 76.6 Å². The van der Waals surface area contributed by atoms with E-state index in [2.05, 4.69) is 29.8 Å². The van der Waals surface area contributed by atoms with Crippen LogP contribution in [-0.4, -0.2) is 98.6 Å². The van der Waals surface area contributed by atoms with Crippen molar-refractivity contribution in [3.63, 3.8) is 0 Å². The van der Waals surface area contributed by atoms with Gasteiger partial charge in [-0.25, -0.2) is 9.13 Å². The molecule has 0 spiro atoms. The summed E-state index contributed by atoms with van der Waals surface area (Å²) in [4.78, 5) is 65.4. The Morgan fingerprint density at radius 3 is 1.98 bits per heavy atom. The number of allylic oxidation sites excluding steroid dienone is 3. The second-order valence-electron chi connectivity index (χ2n) is 16.4. The van der Waals surface area contributed by atoms with Gasteiger partial charge in [0, 0.05) is 31.1 Å². The van der Waals surface area contributed by atoms with Gasteiger partial charge < -0.3 is 39.5 Å². The summed E-state index contributed by atoms with van der Waals surface area (Å²) in [5.41, 5.74) is 0. The molecule has 356 valence electrons. The zero-order valence-corrected chi connectivity index (χ0v) is 38.7. The standard InChI is InChI=1S/C43H78O16P2/c1-4-6-17-23-35(44)27-28-39-38(40(46)29-41(39)47)24-19-15-16-21-26-43(49)59-37(33-58-61(53,54)57-31-36(45)30-56-60(50,51)52)32-55-42(48)25-20-14-12-10-8-7-9-11-13-18-22-34(3)5-2/h15,19,27-28,34-40,44-46H,4-14,16-18,20-26,29-33H2,1-3H3,(H,53,54)(H2,50,51,52)/b19-15-,28-27+/t34?,35-,36-,37+,38+,39+,40-/m0/s1. The van der Waals surface area contributed by atoms with Crippen LogP contribution in [0.15, 0.2) is 24.3 Å². The van der Waals surface area contributed by atoms with Crippen molar-refractivity contribution in [2.24, 2.45) is 17.8 Å². The average molecular weight is 913 g/mol. The van der Waals surface area contributed by atoms with Crippen LogP contribution in [0, 0.1) is 17.8 Å².